The van der Waals surface area contributed by atoms with Gasteiger partial charge in [0, 0.05) is 0 Å². The number of fused-ring (bicyclic) bond motifs is 3. The molecule has 20 heavy (non-hydrogen) atoms. The molecule has 0 saturated carbocycles. The van der Waals surface area contributed by atoms with Crippen LogP contribution in [0.15, 0.2) is 42.5 Å². The molecule has 1 radical (unpaired) electrons. The molecule has 0 spiro atoms. The first kappa shape index (κ1) is 13.4. The first-order chi connectivity index (χ1) is 9.88. The molecule has 0 heteroatoms. The number of benzene rings is 2. The van der Waals surface area contributed by atoms with Gasteiger partial charge in [0.05, 0.1) is 0 Å². The van der Waals surface area contributed by atoms with Crippen molar-refractivity contribution in [3.63, 3.8) is 0 Å². The Morgan fingerprint density at radius 2 is 1.60 bits per heavy atom. The van der Waals surface area contributed by atoms with E-state index >= 15 is 0 Å². The van der Waals surface area contributed by atoms with Gasteiger partial charge in [-0.15, -0.1) is 0 Å². The van der Waals surface area contributed by atoms with Crippen LogP contribution >= 0.6 is 0 Å². The van der Waals surface area contributed by atoms with Crippen molar-refractivity contribution in [1.82, 2.24) is 0 Å². The lowest BCUT2D eigenvalue weighted by Crippen LogP contribution is -1.89. The quantitative estimate of drug-likeness (QED) is 0.509. The highest BCUT2D eigenvalue weighted by atomic mass is 14.2. The van der Waals surface area contributed by atoms with Gasteiger partial charge in [0.25, 0.3) is 0 Å². The van der Waals surface area contributed by atoms with Gasteiger partial charge in [0.15, 0.2) is 0 Å². The molecule has 103 valence electrons. The van der Waals surface area contributed by atoms with Crippen molar-refractivity contribution >= 4 is 0 Å². The molecule has 0 aliphatic heterocycles. The molecule has 0 atom stereocenters. The van der Waals surface area contributed by atoms with Crippen LogP contribution < -0.4 is 0 Å². The highest BCUT2D eigenvalue weighted by molar-refractivity contribution is 5.76. The lowest BCUT2D eigenvalue weighted by Gasteiger charge is -2.05. The minimum absolute atomic E-state index is 1.08. The lowest BCUT2D eigenvalue weighted by atomic mass is 10.00. The fourth-order valence-corrected chi connectivity index (χ4v) is 3.21. The Morgan fingerprint density at radius 1 is 0.800 bits per heavy atom. The maximum atomic E-state index is 3.90. The average molecular weight is 263 g/mol. The summed E-state index contributed by atoms with van der Waals surface area (Å²) in [6.45, 7) is 3.90. The van der Waals surface area contributed by atoms with Crippen molar-refractivity contribution in [1.29, 1.82) is 0 Å². The molecular formula is C20H23. The van der Waals surface area contributed by atoms with Gasteiger partial charge in [-0.25, -0.2) is 0 Å². The minimum atomic E-state index is 1.08. The first-order valence-corrected chi connectivity index (χ1v) is 7.88. The fraction of sp³-hybridized carbons (Fsp3) is 0.350. The number of hydrogen-bond acceptors (Lipinski definition) is 0. The second kappa shape index (κ2) is 6.26. The third kappa shape index (κ3) is 2.80. The number of aryl methyl sites for hydroxylation is 1. The second-order valence-electron chi connectivity index (χ2n) is 5.84. The molecule has 0 heterocycles. The maximum Gasteiger partial charge on any atom is -0.00134 e. The molecule has 2 aromatic carbocycles. The summed E-state index contributed by atoms with van der Waals surface area (Å²) in [6.07, 6.45) is 8.68. The third-order valence-corrected chi connectivity index (χ3v) is 4.32. The van der Waals surface area contributed by atoms with E-state index in [0.717, 1.165) is 12.8 Å². The van der Waals surface area contributed by atoms with E-state index in [1.165, 1.54) is 59.9 Å². The van der Waals surface area contributed by atoms with Gasteiger partial charge in [-0.1, -0.05) is 75.1 Å². The van der Waals surface area contributed by atoms with Crippen LogP contribution in [0.3, 0.4) is 0 Å². The van der Waals surface area contributed by atoms with Crippen LogP contribution in [0.1, 0.15) is 48.8 Å². The molecule has 0 nitrogen and oxygen atoms in total. The van der Waals surface area contributed by atoms with E-state index in [9.17, 15) is 0 Å². The van der Waals surface area contributed by atoms with E-state index in [4.69, 9.17) is 0 Å². The van der Waals surface area contributed by atoms with Crippen molar-refractivity contribution in [2.45, 2.75) is 44.9 Å². The zero-order chi connectivity index (χ0) is 13.8. The smallest absolute Gasteiger partial charge is 0.00134 e. The molecule has 0 N–H and O–H groups in total. The highest BCUT2D eigenvalue weighted by Crippen LogP contribution is 2.36. The van der Waals surface area contributed by atoms with Gasteiger partial charge in [0.1, 0.15) is 0 Å². The zero-order valence-electron chi connectivity index (χ0n) is 12.2. The van der Waals surface area contributed by atoms with Crippen LogP contribution in [-0.4, -0.2) is 0 Å². The average Bonchev–Trinajstić information content (AvgIpc) is 2.84. The van der Waals surface area contributed by atoms with Crippen LogP contribution in [0.4, 0.5) is 0 Å². The summed E-state index contributed by atoms with van der Waals surface area (Å²) >= 11 is 0. The Balaban J connectivity index is 1.65. The Morgan fingerprint density at radius 3 is 2.50 bits per heavy atom. The minimum Gasteiger partial charge on any atom is -0.0619 e. The van der Waals surface area contributed by atoms with Crippen molar-refractivity contribution in [3.05, 3.63) is 66.1 Å². The summed E-state index contributed by atoms with van der Waals surface area (Å²) in [5.41, 5.74) is 7.38. The number of hydrogen-bond donors (Lipinski definition) is 0. The zero-order valence-corrected chi connectivity index (χ0v) is 12.2. The van der Waals surface area contributed by atoms with Gasteiger partial charge >= 0.3 is 0 Å². The van der Waals surface area contributed by atoms with Gasteiger partial charge in [-0.2, -0.15) is 0 Å². The summed E-state index contributed by atoms with van der Waals surface area (Å²) < 4.78 is 0. The van der Waals surface area contributed by atoms with Crippen molar-refractivity contribution in [2.75, 3.05) is 0 Å². The normalized spacial score (nSPS) is 12.2. The Labute approximate surface area is 122 Å². The van der Waals surface area contributed by atoms with Crippen molar-refractivity contribution < 1.29 is 0 Å². The first-order valence-electron chi connectivity index (χ1n) is 7.88. The van der Waals surface area contributed by atoms with Crippen molar-refractivity contribution in [2.24, 2.45) is 0 Å². The van der Waals surface area contributed by atoms with Crippen LogP contribution in [-0.2, 0) is 12.8 Å². The van der Waals surface area contributed by atoms with Crippen LogP contribution in [0.25, 0.3) is 11.1 Å². The van der Waals surface area contributed by atoms with Crippen LogP contribution in [0.2, 0.25) is 0 Å². The van der Waals surface area contributed by atoms with Crippen LogP contribution in [0.5, 0.6) is 0 Å². The van der Waals surface area contributed by atoms with E-state index in [1.807, 2.05) is 0 Å². The van der Waals surface area contributed by atoms with Gasteiger partial charge in [-0.3, -0.25) is 0 Å². The Kier molecular flexibility index (Phi) is 4.20. The fourth-order valence-electron chi connectivity index (χ4n) is 3.21. The van der Waals surface area contributed by atoms with E-state index in [-0.39, 0.29) is 0 Å². The molecule has 1 aliphatic carbocycles. The molecule has 3 rings (SSSR count). The summed E-state index contributed by atoms with van der Waals surface area (Å²) in [4.78, 5) is 0. The summed E-state index contributed by atoms with van der Waals surface area (Å²) in [5.74, 6) is 0. The third-order valence-electron chi connectivity index (χ3n) is 4.32. The van der Waals surface area contributed by atoms with Gasteiger partial charge in [-0.05, 0) is 47.1 Å². The van der Waals surface area contributed by atoms with E-state index in [0.29, 0.717) is 0 Å². The number of unbranched alkanes of at least 4 members (excludes halogenated alkanes) is 4. The second-order valence-corrected chi connectivity index (χ2v) is 5.84. The Hall–Kier alpha value is -1.56. The summed E-state index contributed by atoms with van der Waals surface area (Å²) in [6, 6.07) is 15.9. The molecule has 1 aliphatic rings. The SMILES string of the molecule is [CH2]CCCCCCc1ccc2c(c1)Cc1ccccc1-2. The predicted octanol–water partition coefficient (Wildman–Crippen LogP) is 5.58. The number of rotatable bonds is 6. The van der Waals surface area contributed by atoms with E-state index < -0.39 is 0 Å². The molecule has 0 amide bonds. The summed E-state index contributed by atoms with van der Waals surface area (Å²) in [7, 11) is 0. The Bertz CT molecular complexity index is 580. The molecular weight excluding hydrogens is 240 g/mol. The predicted molar refractivity (Wildman–Crippen MR) is 86.8 cm³/mol. The van der Waals surface area contributed by atoms with Crippen LogP contribution in [0, 0.1) is 6.92 Å². The molecule has 0 saturated heterocycles. The maximum absolute atomic E-state index is 3.90. The van der Waals surface area contributed by atoms with Gasteiger partial charge in [0.2, 0.25) is 0 Å². The summed E-state index contributed by atoms with van der Waals surface area (Å²) in [5, 5.41) is 0. The molecule has 0 fully saturated rings. The van der Waals surface area contributed by atoms with E-state index in [1.54, 1.807) is 0 Å². The molecule has 2 aromatic rings. The van der Waals surface area contributed by atoms with E-state index in [2.05, 4.69) is 49.4 Å². The van der Waals surface area contributed by atoms with Gasteiger partial charge < -0.3 is 0 Å². The largest absolute Gasteiger partial charge is 0.0619 e. The monoisotopic (exact) mass is 263 g/mol. The highest BCUT2D eigenvalue weighted by Gasteiger charge is 2.17. The molecule has 0 aromatic heterocycles. The molecule has 0 bridgehead atoms. The van der Waals surface area contributed by atoms with Crippen molar-refractivity contribution in [3.8, 4) is 11.1 Å². The lowest BCUT2D eigenvalue weighted by molar-refractivity contribution is 0.645. The topological polar surface area (TPSA) is 0 Å². The standard InChI is InChI=1S/C20H23/c1-2-3-4-5-6-9-16-12-13-20-18(14-16)15-17-10-7-8-11-19(17)20/h7-8,10-14H,1-6,9,15H2. The molecule has 0 unspecified atom stereocenters.